The molecule has 3 fully saturated rings. The van der Waals surface area contributed by atoms with Gasteiger partial charge in [-0.05, 0) is 99.0 Å². The van der Waals surface area contributed by atoms with Gasteiger partial charge in [-0.2, -0.15) is 39.5 Å². The Morgan fingerprint density at radius 1 is 0.746 bits per heavy atom. The molecule has 4 aliphatic rings. The van der Waals surface area contributed by atoms with E-state index in [4.69, 9.17) is 40.5 Å². The van der Waals surface area contributed by atoms with Crippen molar-refractivity contribution < 1.29 is 64.1 Å². The molecule has 3 aliphatic carbocycles. The smallest absolute Gasteiger partial charge is 0.415 e. The lowest BCUT2D eigenvalue weighted by molar-refractivity contribution is -0.240. The van der Waals surface area contributed by atoms with E-state index in [0.29, 0.717) is 0 Å². The molecule has 0 unspecified atom stereocenters. The van der Waals surface area contributed by atoms with Crippen LogP contribution in [0.15, 0.2) is 54.6 Å². The first kappa shape index (κ1) is 50.7. The van der Waals surface area contributed by atoms with Gasteiger partial charge in [-0.25, -0.2) is 4.79 Å². The number of nitrogen functional groups attached to an aromatic ring is 1. The molecule has 0 aromatic heterocycles. The summed E-state index contributed by atoms with van der Waals surface area (Å²) in [6.45, 7) is 1.15. The molecular weight excluding hydrogens is 916 g/mol. The van der Waals surface area contributed by atoms with Crippen molar-refractivity contribution in [3.8, 4) is 35.5 Å². The van der Waals surface area contributed by atoms with Gasteiger partial charge in [0.05, 0.1) is 5.69 Å². The standard InChI is InChI=1S/C15H13ClF3NO2.C14H9ClF3NO2.C13H11ClF3NO.CH4/c1-9(21)20-13-5-4-11(16)8-12(13)14(22,15(17,18)19)7-6-10-2-3-10;15-9-3-4-11-10(7-9)13(14(16,17)18,21-12(20)19-11)6-5-8-1-2-8;14-9-3-4-11(18)10(7-9)12(19,13(15,16)17)6-5-8-1-2-8;/h4-5,8,10,22H,2-3H2,1H3,(H,20,21);3-4,7-8H,1-2H2,(H,19,20);3-4,7-8,19H,1-2,18H2;1H4/t14-;13-;12-;/m000./s1. The number of nitrogens with one attached hydrogen (secondary N) is 2. The largest absolute Gasteiger partial charge is 0.445 e. The monoisotopic (exact) mass is 951 g/mol. The second kappa shape index (κ2) is 19.0. The Balaban J connectivity index is 0.000000206. The van der Waals surface area contributed by atoms with Gasteiger partial charge in [0.2, 0.25) is 17.1 Å². The summed E-state index contributed by atoms with van der Waals surface area (Å²) in [4.78, 5) is 22.7. The molecule has 8 nitrogen and oxygen atoms in total. The van der Waals surface area contributed by atoms with Crippen LogP contribution in [0.5, 0.6) is 0 Å². The summed E-state index contributed by atoms with van der Waals surface area (Å²) in [6, 6.07) is 10.9. The molecule has 0 bridgehead atoms. The number of alkyl halides is 9. The number of hydrogen-bond acceptors (Lipinski definition) is 6. The van der Waals surface area contributed by atoms with Gasteiger partial charge in [0.25, 0.3) is 5.60 Å². The van der Waals surface area contributed by atoms with Gasteiger partial charge in [-0.15, -0.1) is 0 Å². The molecule has 0 saturated heterocycles. The van der Waals surface area contributed by atoms with Crippen LogP contribution >= 0.6 is 34.8 Å². The highest BCUT2D eigenvalue weighted by Crippen LogP contribution is 2.49. The number of anilines is 3. The lowest BCUT2D eigenvalue weighted by atomic mass is 9.90. The first-order chi connectivity index (χ1) is 28.7. The van der Waals surface area contributed by atoms with Crippen molar-refractivity contribution in [2.45, 2.75) is 88.2 Å². The van der Waals surface area contributed by atoms with Crippen LogP contribution in [0.4, 0.5) is 61.4 Å². The maximum Gasteiger partial charge on any atom is 0.445 e. The normalized spacial score (nSPS) is 19.6. The van der Waals surface area contributed by atoms with Gasteiger partial charge < -0.3 is 26.0 Å². The number of carbonyl (C=O) groups is 2. The number of nitrogens with two attached hydrogens (primary N) is 1. The Labute approximate surface area is 371 Å². The number of halogens is 12. The van der Waals surface area contributed by atoms with Gasteiger partial charge >= 0.3 is 24.6 Å². The molecule has 2 amide bonds. The number of ether oxygens (including phenoxy) is 1. The zero-order valence-electron chi connectivity index (χ0n) is 31.9. The van der Waals surface area contributed by atoms with E-state index in [0.717, 1.165) is 63.6 Å². The average molecular weight is 953 g/mol. The maximum absolute atomic E-state index is 13.6. The molecule has 1 heterocycles. The Morgan fingerprint density at radius 2 is 1.19 bits per heavy atom. The van der Waals surface area contributed by atoms with Crippen LogP contribution in [0.2, 0.25) is 15.1 Å². The topological polar surface area (TPSA) is 134 Å². The Hall–Kier alpha value is -4.96. The third-order valence-electron chi connectivity index (χ3n) is 9.25. The number of benzene rings is 3. The minimum absolute atomic E-state index is 0. The molecule has 7 rings (SSSR count). The van der Waals surface area contributed by atoms with E-state index < -0.39 is 58.5 Å². The quantitative estimate of drug-likeness (QED) is 0.101. The lowest BCUT2D eigenvalue weighted by Gasteiger charge is -2.35. The van der Waals surface area contributed by atoms with E-state index in [9.17, 15) is 59.3 Å². The average Bonchev–Trinajstić information content (AvgIpc) is 4.01. The summed E-state index contributed by atoms with van der Waals surface area (Å²) in [5.41, 5.74) is -5.93. The second-order valence-corrected chi connectivity index (χ2v) is 15.8. The van der Waals surface area contributed by atoms with Crippen LogP contribution in [-0.4, -0.2) is 40.7 Å². The zero-order valence-corrected chi connectivity index (χ0v) is 34.2. The number of rotatable bonds is 3. The number of cyclic esters (lactones) is 1. The minimum atomic E-state index is -5.03. The fraction of sp³-hybridized carbons (Fsp3) is 0.395. The highest BCUT2D eigenvalue weighted by atomic mass is 35.5. The van der Waals surface area contributed by atoms with Crippen molar-refractivity contribution in [3.05, 3.63) is 86.4 Å². The summed E-state index contributed by atoms with van der Waals surface area (Å²) in [7, 11) is 0. The molecular formula is C43H37Cl3F9N3O5. The van der Waals surface area contributed by atoms with Crippen molar-refractivity contribution in [1.29, 1.82) is 0 Å². The molecule has 0 radical (unpaired) electrons. The van der Waals surface area contributed by atoms with E-state index in [1.165, 1.54) is 36.4 Å². The molecule has 63 heavy (non-hydrogen) atoms. The highest BCUT2D eigenvalue weighted by molar-refractivity contribution is 6.31. The van der Waals surface area contributed by atoms with Crippen molar-refractivity contribution >= 4 is 63.9 Å². The van der Waals surface area contributed by atoms with Crippen LogP contribution < -0.4 is 16.4 Å². The van der Waals surface area contributed by atoms with Crippen LogP contribution in [0.3, 0.4) is 0 Å². The van der Waals surface area contributed by atoms with Crippen molar-refractivity contribution in [2.75, 3.05) is 16.4 Å². The molecule has 1 aliphatic heterocycles. The first-order valence-corrected chi connectivity index (χ1v) is 19.5. The van der Waals surface area contributed by atoms with Gasteiger partial charge in [-0.3, -0.25) is 10.1 Å². The Morgan fingerprint density at radius 3 is 1.67 bits per heavy atom. The van der Waals surface area contributed by atoms with Gasteiger partial charge in [-0.1, -0.05) is 71.8 Å². The molecule has 6 N–H and O–H groups in total. The Kier molecular flexibility index (Phi) is 15.3. The van der Waals surface area contributed by atoms with E-state index in [1.54, 1.807) is 0 Å². The highest BCUT2D eigenvalue weighted by Gasteiger charge is 2.62. The minimum Gasteiger partial charge on any atom is -0.415 e. The number of fused-ring (bicyclic) bond motifs is 1. The Bertz CT molecular complexity index is 2420. The van der Waals surface area contributed by atoms with Crippen molar-refractivity contribution in [1.82, 2.24) is 0 Å². The number of aliphatic hydroxyl groups is 2. The van der Waals surface area contributed by atoms with E-state index in [-0.39, 0.29) is 62.9 Å². The number of amides is 2. The van der Waals surface area contributed by atoms with Gasteiger partial charge in [0, 0.05) is 67.8 Å². The van der Waals surface area contributed by atoms with Crippen LogP contribution in [-0.2, 0) is 26.3 Å². The number of hydrogen-bond donors (Lipinski definition) is 5. The van der Waals surface area contributed by atoms with Crippen LogP contribution in [0, 0.1) is 53.3 Å². The first-order valence-electron chi connectivity index (χ1n) is 18.3. The predicted molar refractivity (Wildman–Crippen MR) is 219 cm³/mol. The molecule has 20 heteroatoms. The molecule has 3 aromatic rings. The molecule has 3 saturated carbocycles. The molecule has 3 aromatic carbocycles. The van der Waals surface area contributed by atoms with E-state index >= 15 is 0 Å². The van der Waals surface area contributed by atoms with Crippen LogP contribution in [0.1, 0.15) is 69.6 Å². The van der Waals surface area contributed by atoms with Gasteiger partial charge in [0.15, 0.2) is 0 Å². The second-order valence-electron chi connectivity index (χ2n) is 14.5. The summed E-state index contributed by atoms with van der Waals surface area (Å²) in [6.07, 6.45) is -11.6. The molecule has 3 atom stereocenters. The fourth-order valence-electron chi connectivity index (χ4n) is 5.46. The zero-order chi connectivity index (χ0) is 46.1. The van der Waals surface area contributed by atoms with E-state index in [1.807, 2.05) is 11.8 Å². The van der Waals surface area contributed by atoms with Gasteiger partial charge in [0.1, 0.15) is 0 Å². The predicted octanol–water partition coefficient (Wildman–Crippen LogP) is 11.3. The van der Waals surface area contributed by atoms with Crippen LogP contribution in [0.25, 0.3) is 0 Å². The lowest BCUT2D eigenvalue weighted by Crippen LogP contribution is -2.49. The van der Waals surface area contributed by atoms with Crippen molar-refractivity contribution in [3.63, 3.8) is 0 Å². The molecule has 338 valence electrons. The third-order valence-corrected chi connectivity index (χ3v) is 9.95. The number of carbonyl (C=O) groups excluding carboxylic acids is 2. The maximum atomic E-state index is 13.6. The fourth-order valence-corrected chi connectivity index (χ4v) is 5.97. The summed E-state index contributed by atoms with van der Waals surface area (Å²) in [5, 5.41) is 24.8. The summed E-state index contributed by atoms with van der Waals surface area (Å²) >= 11 is 17.2. The van der Waals surface area contributed by atoms with Crippen molar-refractivity contribution in [2.24, 2.45) is 17.8 Å². The van der Waals surface area contributed by atoms with E-state index in [2.05, 4.69) is 39.1 Å². The summed E-state index contributed by atoms with van der Waals surface area (Å²) < 4.78 is 125. The third kappa shape index (κ3) is 12.2. The SMILES string of the molecule is C.CC(=O)Nc1ccc(Cl)cc1[C@@](O)(C#CC1CC1)C(F)(F)F.Nc1ccc(Cl)cc1[C@@](O)(C#CC1CC1)C(F)(F)F.O=C1Nc2ccc(Cl)cc2[C@@](C#CC2CC2)(C(F)(F)F)O1. The summed E-state index contributed by atoms with van der Waals surface area (Å²) in [5.74, 6) is 12.5. The molecule has 0 spiro atoms.